The number of methoxy groups -OCH3 is 1. The van der Waals surface area contributed by atoms with Gasteiger partial charge in [0.15, 0.2) is 5.69 Å². The van der Waals surface area contributed by atoms with Crippen LogP contribution in [0, 0.1) is 11.3 Å². The van der Waals surface area contributed by atoms with E-state index in [2.05, 4.69) is 20.7 Å². The summed E-state index contributed by atoms with van der Waals surface area (Å²) in [6.45, 7) is 0. The van der Waals surface area contributed by atoms with Gasteiger partial charge in [-0.05, 0) is 24.3 Å². The fourth-order valence-electron chi connectivity index (χ4n) is 1.61. The lowest BCUT2D eigenvalue weighted by molar-refractivity contribution is -0.137. The number of anilines is 1. The fourth-order valence-corrected chi connectivity index (χ4v) is 1.61. The number of hydrogen-bond acceptors (Lipinski definition) is 5. The minimum absolute atomic E-state index is 0.0149. The van der Waals surface area contributed by atoms with Crippen LogP contribution in [0.25, 0.3) is 0 Å². The zero-order chi connectivity index (χ0) is 16.9. The first-order valence-electron chi connectivity index (χ1n) is 6.23. The Bertz CT molecular complexity index is 768. The van der Waals surface area contributed by atoms with Gasteiger partial charge in [0.25, 0.3) is 0 Å². The molecule has 1 N–H and O–H groups in total. The van der Waals surface area contributed by atoms with Gasteiger partial charge in [-0.3, -0.25) is 5.43 Å². The van der Waals surface area contributed by atoms with E-state index in [0.717, 1.165) is 12.1 Å². The number of nitriles is 1. The number of hydrogen-bond donors (Lipinski definition) is 1. The highest BCUT2D eigenvalue weighted by molar-refractivity contribution is 5.50. The molecule has 2 aromatic rings. The van der Waals surface area contributed by atoms with E-state index < -0.39 is 11.7 Å². The maximum atomic E-state index is 12.6. The van der Waals surface area contributed by atoms with Crippen LogP contribution in [0.4, 0.5) is 24.5 Å². The first kappa shape index (κ1) is 16.2. The van der Waals surface area contributed by atoms with Gasteiger partial charge in [-0.2, -0.15) is 18.4 Å². The Labute approximate surface area is 129 Å². The number of pyridine rings is 1. The first-order chi connectivity index (χ1) is 10.9. The Kier molecular flexibility index (Phi) is 4.75. The SMILES string of the molecule is COc1ccc(N=NNc2cccc(C(F)(F)F)c2)c(C#N)n1. The van der Waals surface area contributed by atoms with Crippen LogP contribution in [-0.4, -0.2) is 12.1 Å². The molecule has 0 atom stereocenters. The van der Waals surface area contributed by atoms with E-state index in [1.807, 2.05) is 6.07 Å². The number of halogens is 3. The van der Waals surface area contributed by atoms with E-state index in [4.69, 9.17) is 10.00 Å². The molecule has 1 aromatic carbocycles. The summed E-state index contributed by atoms with van der Waals surface area (Å²) in [5.74, 6) is 0.242. The minimum Gasteiger partial charge on any atom is -0.481 e. The molecular formula is C14H10F3N5O. The summed E-state index contributed by atoms with van der Waals surface area (Å²) in [4.78, 5) is 3.87. The molecule has 0 unspecified atom stereocenters. The number of nitrogens with one attached hydrogen (secondary N) is 1. The number of nitrogens with zero attached hydrogens (tertiary/aromatic N) is 4. The molecule has 0 saturated carbocycles. The number of ether oxygens (including phenoxy) is 1. The topological polar surface area (TPSA) is 82.7 Å². The molecule has 1 heterocycles. The number of alkyl halides is 3. The predicted molar refractivity (Wildman–Crippen MR) is 75.1 cm³/mol. The van der Waals surface area contributed by atoms with Crippen molar-refractivity contribution in [1.29, 1.82) is 5.26 Å². The Morgan fingerprint density at radius 1 is 1.26 bits per heavy atom. The monoisotopic (exact) mass is 321 g/mol. The van der Waals surface area contributed by atoms with Gasteiger partial charge in [-0.1, -0.05) is 11.3 Å². The van der Waals surface area contributed by atoms with E-state index in [0.29, 0.717) is 0 Å². The van der Waals surface area contributed by atoms with Crippen LogP contribution in [0.15, 0.2) is 46.7 Å². The molecule has 0 aliphatic heterocycles. The van der Waals surface area contributed by atoms with E-state index in [1.165, 1.54) is 31.4 Å². The Morgan fingerprint density at radius 3 is 2.70 bits per heavy atom. The number of aromatic nitrogens is 1. The standard InChI is InChI=1S/C14H10F3N5O/c1-23-13-6-5-11(12(8-18)19-13)21-22-20-10-4-2-3-9(7-10)14(15,16)17/h2-7H,1H3,(H,20,21). The molecule has 0 bridgehead atoms. The van der Waals surface area contributed by atoms with Crippen molar-refractivity contribution < 1.29 is 17.9 Å². The van der Waals surface area contributed by atoms with Gasteiger partial charge < -0.3 is 4.74 Å². The molecule has 0 saturated heterocycles. The predicted octanol–water partition coefficient (Wildman–Crippen LogP) is 4.09. The third kappa shape index (κ3) is 4.16. The van der Waals surface area contributed by atoms with Crippen LogP contribution < -0.4 is 10.2 Å². The molecular weight excluding hydrogens is 311 g/mol. The zero-order valence-electron chi connectivity index (χ0n) is 11.8. The smallest absolute Gasteiger partial charge is 0.416 e. The van der Waals surface area contributed by atoms with Crippen molar-refractivity contribution in [2.75, 3.05) is 12.5 Å². The van der Waals surface area contributed by atoms with Gasteiger partial charge >= 0.3 is 6.18 Å². The second kappa shape index (κ2) is 6.74. The van der Waals surface area contributed by atoms with Crippen molar-refractivity contribution in [2.45, 2.75) is 6.18 Å². The van der Waals surface area contributed by atoms with Crippen molar-refractivity contribution in [3.8, 4) is 11.9 Å². The molecule has 0 aliphatic rings. The molecule has 0 spiro atoms. The molecule has 0 aliphatic carbocycles. The van der Waals surface area contributed by atoms with Crippen LogP contribution in [0.3, 0.4) is 0 Å². The van der Waals surface area contributed by atoms with E-state index in [9.17, 15) is 13.2 Å². The average Bonchev–Trinajstić information content (AvgIpc) is 2.54. The molecule has 0 fully saturated rings. The minimum atomic E-state index is -4.44. The summed E-state index contributed by atoms with van der Waals surface area (Å²) < 4.78 is 42.6. The van der Waals surface area contributed by atoms with Crippen LogP contribution in [-0.2, 0) is 6.18 Å². The van der Waals surface area contributed by atoms with Crippen molar-refractivity contribution in [1.82, 2.24) is 4.98 Å². The lowest BCUT2D eigenvalue weighted by Crippen LogP contribution is -2.04. The Morgan fingerprint density at radius 2 is 2.04 bits per heavy atom. The highest BCUT2D eigenvalue weighted by Crippen LogP contribution is 2.30. The Hall–Kier alpha value is -3.15. The first-order valence-corrected chi connectivity index (χ1v) is 6.23. The highest BCUT2D eigenvalue weighted by Gasteiger charge is 2.30. The van der Waals surface area contributed by atoms with Crippen LogP contribution in [0.1, 0.15) is 11.3 Å². The molecule has 0 amide bonds. The van der Waals surface area contributed by atoms with Crippen LogP contribution >= 0.6 is 0 Å². The molecule has 23 heavy (non-hydrogen) atoms. The summed E-state index contributed by atoms with van der Waals surface area (Å²) in [6.07, 6.45) is -4.44. The third-order valence-corrected chi connectivity index (χ3v) is 2.69. The summed E-state index contributed by atoms with van der Waals surface area (Å²) in [5, 5.41) is 16.3. The lowest BCUT2D eigenvalue weighted by atomic mass is 10.2. The van der Waals surface area contributed by atoms with Crippen molar-refractivity contribution in [2.24, 2.45) is 10.3 Å². The second-order valence-corrected chi connectivity index (χ2v) is 4.22. The van der Waals surface area contributed by atoms with Crippen molar-refractivity contribution in [3.63, 3.8) is 0 Å². The summed E-state index contributed by atoms with van der Waals surface area (Å²) in [7, 11) is 1.40. The quantitative estimate of drug-likeness (QED) is 0.679. The lowest BCUT2D eigenvalue weighted by Gasteiger charge is -2.07. The number of benzene rings is 1. The molecule has 6 nitrogen and oxygen atoms in total. The maximum absolute atomic E-state index is 12.6. The average molecular weight is 321 g/mol. The third-order valence-electron chi connectivity index (χ3n) is 2.69. The van der Waals surface area contributed by atoms with Gasteiger partial charge in [-0.15, -0.1) is 5.11 Å². The number of rotatable bonds is 4. The second-order valence-electron chi connectivity index (χ2n) is 4.22. The van der Waals surface area contributed by atoms with E-state index in [-0.39, 0.29) is 22.9 Å². The summed E-state index contributed by atoms with van der Waals surface area (Å²) in [5.41, 5.74) is 1.83. The van der Waals surface area contributed by atoms with Gasteiger partial charge in [0, 0.05) is 6.07 Å². The molecule has 9 heteroatoms. The van der Waals surface area contributed by atoms with E-state index in [1.54, 1.807) is 0 Å². The molecule has 118 valence electrons. The fraction of sp³-hybridized carbons (Fsp3) is 0.143. The normalized spacial score (nSPS) is 11.3. The van der Waals surface area contributed by atoms with Gasteiger partial charge in [-0.25, -0.2) is 4.98 Å². The van der Waals surface area contributed by atoms with Crippen molar-refractivity contribution in [3.05, 3.63) is 47.7 Å². The molecule has 0 radical (unpaired) electrons. The van der Waals surface area contributed by atoms with Gasteiger partial charge in [0.2, 0.25) is 5.88 Å². The molecule has 1 aromatic heterocycles. The van der Waals surface area contributed by atoms with Crippen LogP contribution in [0.5, 0.6) is 5.88 Å². The summed E-state index contributed by atoms with van der Waals surface area (Å²) in [6, 6.07) is 9.27. The molecule has 2 rings (SSSR count). The van der Waals surface area contributed by atoms with Gasteiger partial charge in [0.1, 0.15) is 11.8 Å². The maximum Gasteiger partial charge on any atom is 0.416 e. The Balaban J connectivity index is 2.15. The highest BCUT2D eigenvalue weighted by atomic mass is 19.4. The zero-order valence-corrected chi connectivity index (χ0v) is 11.8. The van der Waals surface area contributed by atoms with E-state index >= 15 is 0 Å². The van der Waals surface area contributed by atoms with Crippen LogP contribution in [0.2, 0.25) is 0 Å². The summed E-state index contributed by atoms with van der Waals surface area (Å²) >= 11 is 0. The van der Waals surface area contributed by atoms with Gasteiger partial charge in [0.05, 0.1) is 18.4 Å². The van der Waals surface area contributed by atoms with Crippen molar-refractivity contribution >= 4 is 11.4 Å². The largest absolute Gasteiger partial charge is 0.481 e.